The average Bonchev–Trinajstić information content (AvgIpc) is 2.96. The fourth-order valence-electron chi connectivity index (χ4n) is 2.78. The molecule has 3 rings (SSSR count). The van der Waals surface area contributed by atoms with Gasteiger partial charge in [-0.3, -0.25) is 4.79 Å². The molecule has 1 saturated heterocycles. The maximum absolute atomic E-state index is 13.8. The molecule has 0 aromatic heterocycles. The van der Waals surface area contributed by atoms with Crippen LogP contribution in [0.3, 0.4) is 0 Å². The number of nitrogens with zero attached hydrogens (tertiary/aromatic N) is 1. The van der Waals surface area contributed by atoms with Crippen LogP contribution in [-0.2, 0) is 14.8 Å². The first-order valence-corrected chi connectivity index (χ1v) is 9.20. The Balaban J connectivity index is 1.79. The van der Waals surface area contributed by atoms with Crippen LogP contribution in [-0.4, -0.2) is 34.0 Å². The second-order valence-electron chi connectivity index (χ2n) is 5.80. The molecule has 1 aliphatic heterocycles. The van der Waals surface area contributed by atoms with Gasteiger partial charge in [0.2, 0.25) is 15.9 Å². The summed E-state index contributed by atoms with van der Waals surface area (Å²) in [6.45, 7) is 0.0716. The molecular formula is C17H16F2N2O4S. The van der Waals surface area contributed by atoms with E-state index in [4.69, 9.17) is 4.74 Å². The number of benzene rings is 2. The number of halogens is 2. The Morgan fingerprint density at radius 1 is 1.19 bits per heavy atom. The van der Waals surface area contributed by atoms with Gasteiger partial charge in [-0.1, -0.05) is 6.07 Å². The third-order valence-corrected chi connectivity index (χ3v) is 5.53. The molecule has 0 unspecified atom stereocenters. The van der Waals surface area contributed by atoms with E-state index in [1.54, 1.807) is 24.3 Å². The summed E-state index contributed by atoms with van der Waals surface area (Å²) in [4.78, 5) is 12.9. The van der Waals surface area contributed by atoms with Crippen LogP contribution in [0.5, 0.6) is 5.75 Å². The topological polar surface area (TPSA) is 75.7 Å². The fraction of sp³-hybridized carbons (Fsp3) is 0.235. The van der Waals surface area contributed by atoms with Gasteiger partial charge < -0.3 is 9.64 Å². The molecule has 0 spiro atoms. The molecule has 0 radical (unpaired) electrons. The largest absolute Gasteiger partial charge is 0.497 e. The van der Waals surface area contributed by atoms with Crippen LogP contribution in [0.4, 0.5) is 14.5 Å². The number of methoxy groups -OCH3 is 1. The lowest BCUT2D eigenvalue weighted by Gasteiger charge is -2.18. The summed E-state index contributed by atoms with van der Waals surface area (Å²) < 4.78 is 59.1. The Morgan fingerprint density at radius 3 is 2.69 bits per heavy atom. The maximum Gasteiger partial charge on any atom is 0.243 e. The molecule has 2 aromatic carbocycles. The van der Waals surface area contributed by atoms with E-state index >= 15 is 0 Å². The summed E-state index contributed by atoms with van der Waals surface area (Å²) in [5.41, 5.74) is 0.563. The highest BCUT2D eigenvalue weighted by Gasteiger charge is 2.34. The van der Waals surface area contributed by atoms with E-state index in [2.05, 4.69) is 4.72 Å². The lowest BCUT2D eigenvalue weighted by atomic mass is 10.3. The Labute approximate surface area is 149 Å². The summed E-state index contributed by atoms with van der Waals surface area (Å²) in [6.07, 6.45) is -0.0899. The van der Waals surface area contributed by atoms with E-state index in [1.165, 1.54) is 12.0 Å². The SMILES string of the molecule is COc1cccc(N2C[C@H](NS(=O)(=O)c3cc(F)ccc3F)CC2=O)c1. The summed E-state index contributed by atoms with van der Waals surface area (Å²) in [5.74, 6) is -1.66. The molecule has 2 aromatic rings. The van der Waals surface area contributed by atoms with Crippen molar-refractivity contribution >= 4 is 21.6 Å². The van der Waals surface area contributed by atoms with Crippen LogP contribution in [0.1, 0.15) is 6.42 Å². The van der Waals surface area contributed by atoms with E-state index < -0.39 is 32.6 Å². The van der Waals surface area contributed by atoms with Gasteiger partial charge in [-0.05, 0) is 30.3 Å². The highest BCUT2D eigenvalue weighted by Crippen LogP contribution is 2.26. The summed E-state index contributed by atoms with van der Waals surface area (Å²) in [6, 6.07) is 8.20. The van der Waals surface area contributed by atoms with Crippen LogP contribution < -0.4 is 14.4 Å². The van der Waals surface area contributed by atoms with Gasteiger partial charge in [-0.15, -0.1) is 0 Å². The number of sulfonamides is 1. The van der Waals surface area contributed by atoms with Crippen molar-refractivity contribution in [3.05, 3.63) is 54.1 Å². The van der Waals surface area contributed by atoms with Crippen LogP contribution in [0.15, 0.2) is 47.4 Å². The van der Waals surface area contributed by atoms with Crippen LogP contribution >= 0.6 is 0 Å². The predicted molar refractivity (Wildman–Crippen MR) is 90.4 cm³/mol. The van der Waals surface area contributed by atoms with Crippen LogP contribution in [0, 0.1) is 11.6 Å². The molecule has 1 amide bonds. The smallest absolute Gasteiger partial charge is 0.243 e. The molecule has 9 heteroatoms. The maximum atomic E-state index is 13.8. The number of rotatable bonds is 5. The lowest BCUT2D eigenvalue weighted by molar-refractivity contribution is -0.117. The Hall–Kier alpha value is -2.52. The fourth-order valence-corrected chi connectivity index (χ4v) is 4.10. The zero-order valence-corrected chi connectivity index (χ0v) is 14.6. The molecule has 26 heavy (non-hydrogen) atoms. The normalized spacial score (nSPS) is 17.6. The van der Waals surface area contributed by atoms with Crippen molar-refractivity contribution in [2.24, 2.45) is 0 Å². The Bertz CT molecular complexity index is 950. The molecule has 1 fully saturated rings. The lowest BCUT2D eigenvalue weighted by Crippen LogP contribution is -2.37. The van der Waals surface area contributed by atoms with E-state index in [9.17, 15) is 22.0 Å². The standard InChI is InChI=1S/C17H16F2N2O4S/c1-25-14-4-2-3-13(9-14)21-10-12(8-17(21)22)20-26(23,24)16-7-11(18)5-6-15(16)19/h2-7,9,12,20H,8,10H2,1H3/t12-/m1/s1. The Kier molecular flexibility index (Phi) is 4.92. The number of carbonyl (C=O) groups is 1. The van der Waals surface area contributed by atoms with Gasteiger partial charge in [0.05, 0.1) is 7.11 Å². The number of anilines is 1. The zero-order chi connectivity index (χ0) is 18.9. The summed E-state index contributed by atoms with van der Waals surface area (Å²) >= 11 is 0. The van der Waals surface area contributed by atoms with E-state index in [0.717, 1.165) is 12.1 Å². The molecular weight excluding hydrogens is 366 g/mol. The molecule has 138 valence electrons. The quantitative estimate of drug-likeness (QED) is 0.859. The van der Waals surface area contributed by atoms with Crippen molar-refractivity contribution in [1.29, 1.82) is 0 Å². The molecule has 1 atom stereocenters. The third kappa shape index (κ3) is 3.68. The van der Waals surface area contributed by atoms with Gasteiger partial charge in [0.15, 0.2) is 0 Å². The second-order valence-corrected chi connectivity index (χ2v) is 7.49. The highest BCUT2D eigenvalue weighted by molar-refractivity contribution is 7.89. The summed E-state index contributed by atoms with van der Waals surface area (Å²) in [5, 5.41) is 0. The molecule has 0 saturated carbocycles. The zero-order valence-electron chi connectivity index (χ0n) is 13.8. The number of amides is 1. The monoisotopic (exact) mass is 382 g/mol. The Morgan fingerprint density at radius 2 is 1.96 bits per heavy atom. The van der Waals surface area contributed by atoms with Crippen molar-refractivity contribution in [2.75, 3.05) is 18.6 Å². The van der Waals surface area contributed by atoms with E-state index in [1.807, 2.05) is 0 Å². The molecule has 1 N–H and O–H groups in total. The van der Waals surface area contributed by atoms with Gasteiger partial charge in [-0.25, -0.2) is 21.9 Å². The average molecular weight is 382 g/mol. The van der Waals surface area contributed by atoms with Gasteiger partial charge in [0, 0.05) is 30.8 Å². The number of hydrogen-bond acceptors (Lipinski definition) is 4. The number of hydrogen-bond donors (Lipinski definition) is 1. The van der Waals surface area contributed by atoms with Crippen molar-refractivity contribution in [3.8, 4) is 5.75 Å². The van der Waals surface area contributed by atoms with Crippen molar-refractivity contribution in [3.63, 3.8) is 0 Å². The molecule has 0 aliphatic carbocycles. The minimum Gasteiger partial charge on any atom is -0.497 e. The van der Waals surface area contributed by atoms with Crippen molar-refractivity contribution < 1.29 is 26.7 Å². The number of ether oxygens (including phenoxy) is 1. The summed E-state index contributed by atoms with van der Waals surface area (Å²) in [7, 11) is -2.81. The van der Waals surface area contributed by atoms with Crippen LogP contribution in [0.2, 0.25) is 0 Å². The molecule has 1 aliphatic rings. The highest BCUT2D eigenvalue weighted by atomic mass is 32.2. The third-order valence-electron chi connectivity index (χ3n) is 3.99. The molecule has 6 nitrogen and oxygen atoms in total. The molecule has 1 heterocycles. The van der Waals surface area contributed by atoms with Gasteiger partial charge in [-0.2, -0.15) is 0 Å². The number of carbonyl (C=O) groups excluding carboxylic acids is 1. The van der Waals surface area contributed by atoms with Crippen molar-refractivity contribution in [1.82, 2.24) is 4.72 Å². The molecule has 0 bridgehead atoms. The van der Waals surface area contributed by atoms with Gasteiger partial charge in [0.25, 0.3) is 0 Å². The first-order chi connectivity index (χ1) is 12.3. The number of nitrogens with one attached hydrogen (secondary N) is 1. The van der Waals surface area contributed by atoms with Gasteiger partial charge >= 0.3 is 0 Å². The minimum atomic E-state index is -4.31. The van der Waals surface area contributed by atoms with Crippen molar-refractivity contribution in [2.45, 2.75) is 17.4 Å². The van der Waals surface area contributed by atoms with E-state index in [-0.39, 0.29) is 18.9 Å². The second kappa shape index (κ2) is 7.00. The predicted octanol–water partition coefficient (Wildman–Crippen LogP) is 2.06. The van der Waals surface area contributed by atoms with Crippen LogP contribution in [0.25, 0.3) is 0 Å². The van der Waals surface area contributed by atoms with Gasteiger partial charge in [0.1, 0.15) is 22.3 Å². The first kappa shape index (κ1) is 18.3. The van der Waals surface area contributed by atoms with E-state index in [0.29, 0.717) is 17.5 Å². The minimum absolute atomic E-state index is 0.0716. The first-order valence-electron chi connectivity index (χ1n) is 7.72.